The Kier molecular flexibility index (Phi) is 14.4. The molecule has 1 unspecified atom stereocenters. The lowest BCUT2D eigenvalue weighted by Gasteiger charge is -2.42. The average molecular weight is 802 g/mol. The molecule has 310 valence electrons. The topological polar surface area (TPSA) is 93.9 Å². The van der Waals surface area contributed by atoms with Gasteiger partial charge in [0.1, 0.15) is 5.60 Å². The third kappa shape index (κ3) is 10.0. The zero-order valence-corrected chi connectivity index (χ0v) is 35.4. The summed E-state index contributed by atoms with van der Waals surface area (Å²) in [5.74, 6) is -0.255. The Labute approximate surface area is 356 Å². The van der Waals surface area contributed by atoms with Gasteiger partial charge in [0.05, 0.1) is 23.1 Å². The molecule has 1 aliphatic rings. The van der Waals surface area contributed by atoms with Crippen LogP contribution in [0.3, 0.4) is 0 Å². The second-order valence-electron chi connectivity index (χ2n) is 16.4. The van der Waals surface area contributed by atoms with Crippen LogP contribution < -0.4 is 11.1 Å². The number of amides is 1. The molecule has 6 aromatic carbocycles. The molecule has 1 atom stereocenters. The maximum atomic E-state index is 13.5. The van der Waals surface area contributed by atoms with Crippen molar-refractivity contribution in [3.63, 3.8) is 0 Å². The quantitative estimate of drug-likeness (QED) is 0.0946. The van der Waals surface area contributed by atoms with Crippen molar-refractivity contribution >= 4 is 12.1 Å². The van der Waals surface area contributed by atoms with Crippen LogP contribution in [0.1, 0.15) is 80.3 Å². The third-order valence-electron chi connectivity index (χ3n) is 11.2. The third-order valence-corrected chi connectivity index (χ3v) is 11.2. The molecule has 1 heterocycles. The summed E-state index contributed by atoms with van der Waals surface area (Å²) in [6, 6.07) is 61.9. The van der Waals surface area contributed by atoms with E-state index in [0.717, 1.165) is 33.4 Å². The highest BCUT2D eigenvalue weighted by Gasteiger charge is 2.46. The van der Waals surface area contributed by atoms with Crippen molar-refractivity contribution < 1.29 is 19.1 Å². The van der Waals surface area contributed by atoms with Crippen molar-refractivity contribution in [2.24, 2.45) is 11.1 Å². The van der Waals surface area contributed by atoms with Crippen LogP contribution in [0.15, 0.2) is 182 Å². The second-order valence-corrected chi connectivity index (χ2v) is 16.4. The van der Waals surface area contributed by atoms with Gasteiger partial charge in [-0.2, -0.15) is 0 Å². The number of hydrogen-bond acceptors (Lipinski definition) is 6. The van der Waals surface area contributed by atoms with Crippen molar-refractivity contribution in [1.29, 1.82) is 0 Å². The molecule has 0 spiro atoms. The van der Waals surface area contributed by atoms with Crippen LogP contribution in [-0.2, 0) is 25.3 Å². The highest BCUT2D eigenvalue weighted by Crippen LogP contribution is 2.40. The van der Waals surface area contributed by atoms with Crippen LogP contribution >= 0.6 is 0 Å². The van der Waals surface area contributed by atoms with E-state index in [1.165, 1.54) is 0 Å². The van der Waals surface area contributed by atoms with Crippen molar-refractivity contribution in [3.05, 3.63) is 215 Å². The van der Waals surface area contributed by atoms with Gasteiger partial charge in [0.2, 0.25) is 0 Å². The number of nitrogens with two attached hydrogens (primary N) is 1. The number of rotatable bonds is 12. The first-order valence-corrected chi connectivity index (χ1v) is 21.0. The molecule has 0 aliphatic carbocycles. The summed E-state index contributed by atoms with van der Waals surface area (Å²) in [6.45, 7) is 9.05. The Hall–Kier alpha value is -6.02. The van der Waals surface area contributed by atoms with E-state index in [0.29, 0.717) is 39.0 Å². The highest BCUT2D eigenvalue weighted by atomic mass is 16.6. The van der Waals surface area contributed by atoms with E-state index >= 15 is 0 Å². The minimum Gasteiger partial charge on any atom is -0.466 e. The lowest BCUT2D eigenvalue weighted by atomic mass is 9.75. The van der Waals surface area contributed by atoms with Crippen LogP contribution in [0.4, 0.5) is 4.79 Å². The fraction of sp³-hybridized carbons (Fsp3) is 0.283. The maximum Gasteiger partial charge on any atom is 0.410 e. The van der Waals surface area contributed by atoms with Crippen molar-refractivity contribution in [2.45, 2.75) is 63.6 Å². The molecule has 0 aromatic heterocycles. The largest absolute Gasteiger partial charge is 0.466 e. The number of carbonyl (C=O) groups excluding carboxylic acids is 2. The lowest BCUT2D eigenvalue weighted by molar-refractivity contribution is -0.159. The zero-order chi connectivity index (χ0) is 42.5. The van der Waals surface area contributed by atoms with Crippen molar-refractivity contribution in [3.8, 4) is 0 Å². The molecule has 1 fully saturated rings. The maximum absolute atomic E-state index is 13.5. The molecule has 0 saturated carbocycles. The Bertz CT molecular complexity index is 2020. The molecule has 7 rings (SSSR count). The van der Waals surface area contributed by atoms with Crippen molar-refractivity contribution in [1.82, 2.24) is 10.2 Å². The predicted molar refractivity (Wildman–Crippen MR) is 241 cm³/mol. The molecule has 7 heteroatoms. The molecule has 7 nitrogen and oxygen atoms in total. The normalized spacial score (nSPS) is 15.6. The van der Waals surface area contributed by atoms with Gasteiger partial charge in [-0.3, -0.25) is 10.1 Å². The molecule has 1 amide bonds. The molecule has 6 aromatic rings. The van der Waals surface area contributed by atoms with E-state index in [-0.39, 0.29) is 18.6 Å². The van der Waals surface area contributed by atoms with Gasteiger partial charge in [0.25, 0.3) is 0 Å². The summed E-state index contributed by atoms with van der Waals surface area (Å²) in [7, 11) is 0. The van der Waals surface area contributed by atoms with Crippen LogP contribution in [0.2, 0.25) is 0 Å². The van der Waals surface area contributed by atoms with Gasteiger partial charge in [-0.25, -0.2) is 4.79 Å². The first-order valence-electron chi connectivity index (χ1n) is 21.0. The molecular formula is C53H59N3O4. The number of ether oxygens (including phenoxy) is 2. The highest BCUT2D eigenvalue weighted by molar-refractivity contribution is 5.79. The number of piperidine rings is 1. The van der Waals surface area contributed by atoms with Crippen LogP contribution in [0.25, 0.3) is 0 Å². The SMILES string of the molecule is CCOC(=O)C1(CCNC(c2ccccc2)(c2ccccc2)c2ccccc2)CCCN(C(=O)OC(C)(C)C)C1.NC(c1ccccc1)(c1ccccc1)c1ccccc1. The van der Waals surface area contributed by atoms with Crippen LogP contribution in [0.5, 0.6) is 0 Å². The number of carbonyl (C=O) groups is 2. The average Bonchev–Trinajstić information content (AvgIpc) is 3.29. The monoisotopic (exact) mass is 801 g/mol. The Morgan fingerprint density at radius 3 is 1.33 bits per heavy atom. The van der Waals surface area contributed by atoms with Gasteiger partial charge < -0.3 is 20.1 Å². The molecule has 0 radical (unpaired) electrons. The van der Waals surface area contributed by atoms with E-state index in [1.54, 1.807) is 4.90 Å². The summed E-state index contributed by atoms with van der Waals surface area (Å²) in [4.78, 5) is 28.2. The minimum absolute atomic E-state index is 0.255. The summed E-state index contributed by atoms with van der Waals surface area (Å²) < 4.78 is 11.3. The van der Waals surface area contributed by atoms with Gasteiger partial charge in [0.15, 0.2) is 0 Å². The summed E-state index contributed by atoms with van der Waals surface area (Å²) in [6.07, 6.45) is 1.49. The van der Waals surface area contributed by atoms with Gasteiger partial charge in [-0.05, 0) is 86.9 Å². The number of likely N-dealkylation sites (tertiary alicyclic amines) is 1. The summed E-state index contributed by atoms with van der Waals surface area (Å²) in [5.41, 5.74) is 10.8. The van der Waals surface area contributed by atoms with E-state index in [9.17, 15) is 9.59 Å². The number of esters is 1. The number of hydrogen-bond donors (Lipinski definition) is 2. The fourth-order valence-corrected chi connectivity index (χ4v) is 8.33. The minimum atomic E-state index is -0.825. The summed E-state index contributed by atoms with van der Waals surface area (Å²) >= 11 is 0. The number of nitrogens with one attached hydrogen (secondary N) is 1. The van der Waals surface area contributed by atoms with E-state index in [4.69, 9.17) is 15.2 Å². The van der Waals surface area contributed by atoms with E-state index in [2.05, 4.69) is 115 Å². The molecule has 1 saturated heterocycles. The van der Waals surface area contributed by atoms with E-state index < -0.39 is 22.1 Å². The van der Waals surface area contributed by atoms with Crippen LogP contribution in [-0.4, -0.2) is 48.8 Å². The van der Waals surface area contributed by atoms with Crippen molar-refractivity contribution in [2.75, 3.05) is 26.2 Å². The molecule has 0 bridgehead atoms. The second kappa shape index (κ2) is 19.8. The molecule has 60 heavy (non-hydrogen) atoms. The first kappa shape index (κ1) is 43.6. The van der Waals surface area contributed by atoms with Gasteiger partial charge in [0, 0.05) is 13.1 Å². The van der Waals surface area contributed by atoms with E-state index in [1.807, 2.05) is 100 Å². The number of nitrogens with zero attached hydrogens (tertiary/aromatic N) is 1. The smallest absolute Gasteiger partial charge is 0.410 e. The Balaban J connectivity index is 0.000000251. The van der Waals surface area contributed by atoms with Gasteiger partial charge >= 0.3 is 12.1 Å². The lowest BCUT2D eigenvalue weighted by Crippen LogP contribution is -2.53. The Morgan fingerprint density at radius 1 is 0.617 bits per heavy atom. The molecule has 3 N–H and O–H groups in total. The Morgan fingerprint density at radius 2 is 0.983 bits per heavy atom. The molecular weight excluding hydrogens is 743 g/mol. The number of benzene rings is 6. The van der Waals surface area contributed by atoms with Gasteiger partial charge in [-0.1, -0.05) is 182 Å². The molecule has 1 aliphatic heterocycles. The summed E-state index contributed by atoms with van der Waals surface area (Å²) in [5, 5.41) is 3.89. The van der Waals surface area contributed by atoms with Gasteiger partial charge in [-0.15, -0.1) is 0 Å². The zero-order valence-electron chi connectivity index (χ0n) is 35.4. The first-order chi connectivity index (χ1) is 29.0. The predicted octanol–water partition coefficient (Wildman–Crippen LogP) is 10.5. The fourth-order valence-electron chi connectivity index (χ4n) is 8.33. The standard InChI is InChI=1S/C34H42N2O4.C19H17N/c1-5-39-30(37)33(22-15-25-36(26-33)31(38)40-32(2,3)4)23-24-35-34(27-16-9-6-10-17-27,28-18-11-7-12-19-28)29-20-13-8-14-21-29;20-19(16-10-4-1-5-11-16,17-12-6-2-7-13-17)18-14-8-3-9-15-18/h6-14,16-21,35H,5,15,22-26H2,1-4H3;1-15H,20H2. The van der Waals surface area contributed by atoms with Crippen LogP contribution in [0, 0.1) is 5.41 Å².